The Kier molecular flexibility index (Phi) is 2.70. The third kappa shape index (κ3) is 3.38. The summed E-state index contributed by atoms with van der Waals surface area (Å²) in [6, 6.07) is 4.58. The Morgan fingerprint density at radius 2 is 2.08 bits per heavy atom. The van der Waals surface area contributed by atoms with Crippen molar-refractivity contribution in [1.29, 1.82) is 0 Å². The summed E-state index contributed by atoms with van der Waals surface area (Å²) in [6.07, 6.45) is -3.26. The molecule has 1 radical (unpaired) electrons. The van der Waals surface area contributed by atoms with Crippen molar-refractivity contribution < 1.29 is 17.8 Å². The van der Waals surface area contributed by atoms with E-state index in [0.717, 1.165) is 0 Å². The average Bonchev–Trinajstić information content (AvgIpc) is 2.02. The van der Waals surface area contributed by atoms with Gasteiger partial charge in [-0.15, -0.1) is 13.2 Å². The van der Waals surface area contributed by atoms with E-state index >= 15 is 0 Å². The Bertz CT molecular complexity index is 238. The van der Waals surface area contributed by atoms with E-state index < -0.39 is 6.36 Å². The molecular weight excluding hydrogens is 170 g/mol. The van der Waals surface area contributed by atoms with Gasteiger partial charge < -0.3 is 4.65 Å². The van der Waals surface area contributed by atoms with Gasteiger partial charge in [0.25, 0.3) is 0 Å². The van der Waals surface area contributed by atoms with E-state index in [1.165, 1.54) is 12.3 Å². The van der Waals surface area contributed by atoms with Crippen LogP contribution >= 0.6 is 0 Å². The van der Waals surface area contributed by atoms with Crippen LogP contribution in [0.15, 0.2) is 24.4 Å². The van der Waals surface area contributed by atoms with Crippen LogP contribution in [-0.2, 0) is 4.65 Å². The maximum atomic E-state index is 11.5. The second kappa shape index (κ2) is 3.58. The molecule has 2 nitrogen and oxygen atoms in total. The minimum Gasteiger partial charge on any atom is -0.351 e. The Morgan fingerprint density at radius 1 is 1.33 bits per heavy atom. The standard InChI is InChI=1S/C6H4BF3NO/c8-6(9,10)12-7-5-3-1-2-4-11-5/h1-4H. The first-order valence-corrected chi connectivity index (χ1v) is 3.07. The van der Waals surface area contributed by atoms with E-state index in [0.29, 0.717) is 7.48 Å². The monoisotopic (exact) mass is 174 g/mol. The molecule has 0 N–H and O–H groups in total. The fraction of sp³-hybridized carbons (Fsp3) is 0.167. The summed E-state index contributed by atoms with van der Waals surface area (Å²) in [5.41, 5.74) is 0.134. The smallest absolute Gasteiger partial charge is 0.351 e. The van der Waals surface area contributed by atoms with E-state index in [1.54, 1.807) is 12.1 Å². The van der Waals surface area contributed by atoms with Crippen molar-refractivity contribution in [2.45, 2.75) is 6.36 Å². The van der Waals surface area contributed by atoms with Crippen LogP contribution in [-0.4, -0.2) is 18.8 Å². The highest BCUT2D eigenvalue weighted by Crippen LogP contribution is 2.14. The van der Waals surface area contributed by atoms with Gasteiger partial charge in [0.2, 0.25) is 0 Å². The molecule has 0 saturated heterocycles. The maximum Gasteiger partial charge on any atom is 0.508 e. The lowest BCUT2D eigenvalue weighted by atomic mass is 9.95. The van der Waals surface area contributed by atoms with E-state index in [9.17, 15) is 13.2 Å². The molecule has 6 heteroatoms. The fourth-order valence-electron chi connectivity index (χ4n) is 0.573. The first-order valence-electron chi connectivity index (χ1n) is 3.07. The molecule has 63 valence electrons. The van der Waals surface area contributed by atoms with Gasteiger partial charge in [-0.1, -0.05) is 6.07 Å². The van der Waals surface area contributed by atoms with Gasteiger partial charge in [-0.2, -0.15) is 0 Å². The molecule has 0 saturated carbocycles. The lowest BCUT2D eigenvalue weighted by Gasteiger charge is -2.04. The number of halogens is 3. The molecular formula is C6H4BF3NO. The predicted octanol–water partition coefficient (Wildman–Crippen LogP) is 0.862. The highest BCUT2D eigenvalue weighted by Gasteiger charge is 2.29. The van der Waals surface area contributed by atoms with Crippen LogP contribution in [0.1, 0.15) is 0 Å². The molecule has 0 fully saturated rings. The Balaban J connectivity index is 2.44. The van der Waals surface area contributed by atoms with Gasteiger partial charge in [0.05, 0.1) is 0 Å². The van der Waals surface area contributed by atoms with Crippen LogP contribution in [0.5, 0.6) is 0 Å². The van der Waals surface area contributed by atoms with Crippen molar-refractivity contribution in [2.24, 2.45) is 0 Å². The van der Waals surface area contributed by atoms with E-state index in [2.05, 4.69) is 9.64 Å². The molecule has 1 heterocycles. The zero-order valence-electron chi connectivity index (χ0n) is 5.88. The highest BCUT2D eigenvalue weighted by molar-refractivity contribution is 6.45. The number of aromatic nitrogens is 1. The van der Waals surface area contributed by atoms with Crippen LogP contribution in [0.3, 0.4) is 0 Å². The summed E-state index contributed by atoms with van der Waals surface area (Å²) in [6.45, 7) is 0. The lowest BCUT2D eigenvalue weighted by molar-refractivity contribution is -0.275. The van der Waals surface area contributed by atoms with Crippen LogP contribution in [0.4, 0.5) is 13.2 Å². The molecule has 1 aromatic rings. The van der Waals surface area contributed by atoms with Gasteiger partial charge in [0, 0.05) is 11.8 Å². The molecule has 0 atom stereocenters. The van der Waals surface area contributed by atoms with Crippen molar-refractivity contribution in [3.8, 4) is 0 Å². The number of pyridine rings is 1. The largest absolute Gasteiger partial charge is 0.508 e. The Labute approximate surface area is 67.6 Å². The number of nitrogens with zero attached hydrogens (tertiary/aromatic N) is 1. The van der Waals surface area contributed by atoms with Gasteiger partial charge in [-0.05, 0) is 12.1 Å². The van der Waals surface area contributed by atoms with Crippen LogP contribution in [0.25, 0.3) is 0 Å². The van der Waals surface area contributed by atoms with Crippen molar-refractivity contribution in [2.75, 3.05) is 0 Å². The summed E-state index contributed by atoms with van der Waals surface area (Å²) in [4.78, 5) is 3.60. The van der Waals surface area contributed by atoms with Crippen molar-refractivity contribution in [1.82, 2.24) is 4.98 Å². The van der Waals surface area contributed by atoms with Crippen LogP contribution in [0, 0.1) is 0 Å². The fourth-order valence-corrected chi connectivity index (χ4v) is 0.573. The van der Waals surface area contributed by atoms with Gasteiger partial charge >= 0.3 is 13.8 Å². The van der Waals surface area contributed by atoms with Gasteiger partial charge in [-0.3, -0.25) is 4.98 Å². The minimum absolute atomic E-state index is 0.134. The molecule has 0 bridgehead atoms. The third-order valence-corrected chi connectivity index (χ3v) is 1.00. The number of hydrogen-bond donors (Lipinski definition) is 0. The molecule has 0 amide bonds. The predicted molar refractivity (Wildman–Crippen MR) is 36.8 cm³/mol. The van der Waals surface area contributed by atoms with Gasteiger partial charge in [-0.25, -0.2) is 0 Å². The van der Waals surface area contributed by atoms with Crippen molar-refractivity contribution >= 4 is 13.1 Å². The van der Waals surface area contributed by atoms with Gasteiger partial charge in [0.15, 0.2) is 0 Å². The van der Waals surface area contributed by atoms with Gasteiger partial charge in [0.1, 0.15) is 0 Å². The molecule has 0 unspecified atom stereocenters. The third-order valence-electron chi connectivity index (χ3n) is 1.00. The number of rotatable bonds is 2. The first kappa shape index (κ1) is 9.06. The molecule has 1 rings (SSSR count). The highest BCUT2D eigenvalue weighted by atomic mass is 19.4. The van der Waals surface area contributed by atoms with Crippen LogP contribution < -0.4 is 5.59 Å². The molecule has 1 aromatic heterocycles. The summed E-state index contributed by atoms with van der Waals surface area (Å²) in [7, 11) is 0.556. The second-order valence-corrected chi connectivity index (χ2v) is 1.94. The maximum absolute atomic E-state index is 11.5. The Hall–Kier alpha value is -1.04. The summed E-state index contributed by atoms with van der Waals surface area (Å²) >= 11 is 0. The Morgan fingerprint density at radius 3 is 2.58 bits per heavy atom. The minimum atomic E-state index is -4.64. The number of alkyl halides is 3. The summed E-state index contributed by atoms with van der Waals surface area (Å²) in [5, 5.41) is 0. The zero-order chi connectivity index (χ0) is 9.03. The second-order valence-electron chi connectivity index (χ2n) is 1.94. The van der Waals surface area contributed by atoms with E-state index in [4.69, 9.17) is 0 Å². The van der Waals surface area contributed by atoms with E-state index in [-0.39, 0.29) is 5.59 Å². The lowest BCUT2D eigenvalue weighted by Crippen LogP contribution is -2.27. The topological polar surface area (TPSA) is 22.1 Å². The molecule has 0 aromatic carbocycles. The molecule has 0 aliphatic rings. The first-order chi connectivity index (χ1) is 5.58. The number of hydrogen-bond acceptors (Lipinski definition) is 2. The zero-order valence-corrected chi connectivity index (χ0v) is 5.88. The van der Waals surface area contributed by atoms with Crippen molar-refractivity contribution in [3.63, 3.8) is 0 Å². The molecule has 0 aliphatic carbocycles. The summed E-state index contributed by atoms with van der Waals surface area (Å²) < 4.78 is 37.8. The molecule has 12 heavy (non-hydrogen) atoms. The van der Waals surface area contributed by atoms with E-state index in [1.807, 2.05) is 0 Å². The normalized spacial score (nSPS) is 11.2. The summed E-state index contributed by atoms with van der Waals surface area (Å²) in [5.74, 6) is 0. The molecule has 0 spiro atoms. The average molecular weight is 174 g/mol. The molecule has 0 aliphatic heterocycles. The quantitative estimate of drug-likeness (QED) is 0.620. The SMILES string of the molecule is FC(F)(F)O[B]c1ccccn1. The van der Waals surface area contributed by atoms with Crippen LogP contribution in [0.2, 0.25) is 0 Å². The van der Waals surface area contributed by atoms with Crippen molar-refractivity contribution in [3.05, 3.63) is 24.4 Å².